The van der Waals surface area contributed by atoms with Gasteiger partial charge in [-0.25, -0.2) is 0 Å². The van der Waals surface area contributed by atoms with E-state index in [2.05, 4.69) is 15.2 Å². The number of benzene rings is 1. The Hall–Kier alpha value is -3.54. The minimum Gasteiger partial charge on any atom is -0.490 e. The topological polar surface area (TPSA) is 125 Å². The number of hydrogen-bond acceptors (Lipinski definition) is 8. The molecule has 11 heteroatoms. The van der Waals surface area contributed by atoms with Crippen LogP contribution in [0.5, 0.6) is 5.75 Å². The van der Waals surface area contributed by atoms with Gasteiger partial charge in [0.05, 0.1) is 30.4 Å². The van der Waals surface area contributed by atoms with Gasteiger partial charge in [-0.3, -0.25) is 19.4 Å². The van der Waals surface area contributed by atoms with Crippen LogP contribution in [0, 0.1) is 5.92 Å². The zero-order chi connectivity index (χ0) is 32.9. The number of aliphatic hydroxyl groups is 1. The van der Waals surface area contributed by atoms with Crippen molar-refractivity contribution in [2.75, 3.05) is 59.3 Å². The molecule has 248 valence electrons. The SMILES string of the molecule is C[C@@H]1CN([C@@H](C)CO)C(=O)c2cc(NC(=O)c3ccncc3)ccc2O[C@@H](C)CCCCO[C@@H]1CN(C)C(=O)CCCN(C)C. The van der Waals surface area contributed by atoms with Gasteiger partial charge in [0.15, 0.2) is 0 Å². The molecular weight excluding hydrogens is 574 g/mol. The normalized spacial score (nSPS) is 20.5. The molecule has 3 amide bonds. The summed E-state index contributed by atoms with van der Waals surface area (Å²) in [4.78, 5) is 49.5. The van der Waals surface area contributed by atoms with Gasteiger partial charge in [-0.05, 0) is 90.5 Å². The summed E-state index contributed by atoms with van der Waals surface area (Å²) in [6.45, 7) is 7.60. The number of aliphatic hydroxyl groups excluding tert-OH is 1. The molecule has 0 saturated heterocycles. The highest BCUT2D eigenvalue weighted by molar-refractivity contribution is 6.05. The first-order valence-electron chi connectivity index (χ1n) is 15.9. The number of amides is 3. The molecule has 11 nitrogen and oxygen atoms in total. The molecule has 1 aromatic heterocycles. The second-order valence-corrected chi connectivity index (χ2v) is 12.4. The predicted octanol–water partition coefficient (Wildman–Crippen LogP) is 3.93. The molecular formula is C34H51N5O6. The van der Waals surface area contributed by atoms with Crippen LogP contribution in [0.2, 0.25) is 0 Å². The second kappa shape index (κ2) is 17.8. The summed E-state index contributed by atoms with van der Waals surface area (Å²) < 4.78 is 12.6. The number of carbonyl (C=O) groups is 3. The van der Waals surface area contributed by atoms with Crippen molar-refractivity contribution in [2.45, 2.75) is 71.1 Å². The number of aromatic nitrogens is 1. The van der Waals surface area contributed by atoms with E-state index in [9.17, 15) is 19.5 Å². The highest BCUT2D eigenvalue weighted by Gasteiger charge is 2.31. The first-order valence-corrected chi connectivity index (χ1v) is 15.9. The number of ether oxygens (including phenoxy) is 2. The molecule has 1 aromatic carbocycles. The number of fused-ring (bicyclic) bond motifs is 1. The molecule has 0 spiro atoms. The fourth-order valence-corrected chi connectivity index (χ4v) is 5.28. The Bertz CT molecular complexity index is 1240. The molecule has 0 fully saturated rings. The Labute approximate surface area is 267 Å². The second-order valence-electron chi connectivity index (χ2n) is 12.4. The molecule has 2 N–H and O–H groups in total. The first-order chi connectivity index (χ1) is 21.5. The number of anilines is 1. The molecule has 1 aliphatic heterocycles. The number of pyridine rings is 1. The van der Waals surface area contributed by atoms with Crippen LogP contribution in [0.25, 0.3) is 0 Å². The molecule has 45 heavy (non-hydrogen) atoms. The van der Waals surface area contributed by atoms with Gasteiger partial charge >= 0.3 is 0 Å². The molecule has 0 aliphatic carbocycles. The Kier molecular flexibility index (Phi) is 14.2. The lowest BCUT2D eigenvalue weighted by molar-refractivity contribution is -0.132. The average Bonchev–Trinajstić information content (AvgIpc) is 3.02. The van der Waals surface area contributed by atoms with E-state index >= 15 is 0 Å². The van der Waals surface area contributed by atoms with Crippen LogP contribution in [0.15, 0.2) is 42.7 Å². The molecule has 4 atom stereocenters. The largest absolute Gasteiger partial charge is 0.490 e. The quantitative estimate of drug-likeness (QED) is 0.407. The van der Waals surface area contributed by atoms with E-state index in [0.29, 0.717) is 42.1 Å². The number of rotatable bonds is 10. The van der Waals surface area contributed by atoms with Gasteiger partial charge in [0.2, 0.25) is 5.91 Å². The first kappa shape index (κ1) is 35.9. The molecule has 0 radical (unpaired) electrons. The van der Waals surface area contributed by atoms with E-state index in [0.717, 1.165) is 32.2 Å². The third kappa shape index (κ3) is 11.1. The summed E-state index contributed by atoms with van der Waals surface area (Å²) in [6.07, 6.45) is 6.31. The number of hydrogen-bond donors (Lipinski definition) is 2. The van der Waals surface area contributed by atoms with Crippen LogP contribution in [-0.4, -0.2) is 115 Å². The molecule has 2 heterocycles. The van der Waals surface area contributed by atoms with Crippen molar-refractivity contribution in [2.24, 2.45) is 5.92 Å². The fraction of sp³-hybridized carbons (Fsp3) is 0.588. The molecule has 0 unspecified atom stereocenters. The Balaban J connectivity index is 1.89. The third-order valence-electron chi connectivity index (χ3n) is 8.13. The maximum Gasteiger partial charge on any atom is 0.258 e. The van der Waals surface area contributed by atoms with Crippen LogP contribution in [0.4, 0.5) is 5.69 Å². The van der Waals surface area contributed by atoms with Gasteiger partial charge in [0.1, 0.15) is 5.75 Å². The third-order valence-corrected chi connectivity index (χ3v) is 8.13. The molecule has 1 aliphatic rings. The summed E-state index contributed by atoms with van der Waals surface area (Å²) in [5.74, 6) is -0.319. The lowest BCUT2D eigenvalue weighted by atomic mass is 10.0. The van der Waals surface area contributed by atoms with Crippen molar-refractivity contribution in [3.8, 4) is 5.75 Å². The van der Waals surface area contributed by atoms with Crippen LogP contribution in [0.3, 0.4) is 0 Å². The Morgan fingerprint density at radius 2 is 1.87 bits per heavy atom. The molecule has 2 aromatic rings. The van der Waals surface area contributed by atoms with Gasteiger partial charge in [0, 0.05) is 62.7 Å². The predicted molar refractivity (Wildman–Crippen MR) is 174 cm³/mol. The Morgan fingerprint density at radius 1 is 1.13 bits per heavy atom. The molecule has 0 bridgehead atoms. The van der Waals surface area contributed by atoms with Gasteiger partial charge < -0.3 is 34.6 Å². The van der Waals surface area contributed by atoms with Crippen molar-refractivity contribution in [1.29, 1.82) is 0 Å². The van der Waals surface area contributed by atoms with E-state index in [-0.39, 0.29) is 49.0 Å². The van der Waals surface area contributed by atoms with E-state index < -0.39 is 6.04 Å². The van der Waals surface area contributed by atoms with E-state index in [1.807, 2.05) is 27.9 Å². The van der Waals surface area contributed by atoms with Crippen molar-refractivity contribution < 1.29 is 29.0 Å². The van der Waals surface area contributed by atoms with E-state index in [1.165, 1.54) is 0 Å². The van der Waals surface area contributed by atoms with Crippen molar-refractivity contribution >= 4 is 23.4 Å². The van der Waals surface area contributed by atoms with Crippen molar-refractivity contribution in [3.05, 3.63) is 53.9 Å². The number of nitrogens with one attached hydrogen (secondary N) is 1. The number of carbonyl (C=O) groups excluding carboxylic acids is 3. The number of likely N-dealkylation sites (N-methyl/N-ethyl adjacent to an activating group) is 1. The maximum atomic E-state index is 14.3. The minimum absolute atomic E-state index is 0.0601. The van der Waals surface area contributed by atoms with Crippen molar-refractivity contribution in [1.82, 2.24) is 19.7 Å². The van der Waals surface area contributed by atoms with Gasteiger partial charge in [-0.2, -0.15) is 0 Å². The smallest absolute Gasteiger partial charge is 0.258 e. The average molecular weight is 626 g/mol. The lowest BCUT2D eigenvalue weighted by Gasteiger charge is -2.36. The van der Waals surface area contributed by atoms with Crippen LogP contribution in [-0.2, 0) is 9.53 Å². The Morgan fingerprint density at radius 3 is 2.56 bits per heavy atom. The van der Waals surface area contributed by atoms with Crippen molar-refractivity contribution in [3.63, 3.8) is 0 Å². The minimum atomic E-state index is -0.501. The zero-order valence-corrected chi connectivity index (χ0v) is 27.7. The summed E-state index contributed by atoms with van der Waals surface area (Å²) in [5.41, 5.74) is 1.18. The standard InChI is InChI=1S/C34H51N5O6/c1-24-21-39(25(2)23-40)34(43)29-20-28(36-33(42)27-14-16-35-17-15-27)12-13-30(29)45-26(3)10-7-8-19-44-31(24)22-38(6)32(41)11-9-18-37(4)5/h12-17,20,24-26,31,40H,7-11,18-19,21-23H2,1-6H3,(H,36,42)/t24-,25+,26+,31-/m1/s1. The molecule has 0 saturated carbocycles. The summed E-state index contributed by atoms with van der Waals surface area (Å²) in [5, 5.41) is 13.1. The monoisotopic (exact) mass is 625 g/mol. The summed E-state index contributed by atoms with van der Waals surface area (Å²) in [6, 6.07) is 7.79. The highest BCUT2D eigenvalue weighted by Crippen LogP contribution is 2.29. The molecule has 3 rings (SSSR count). The van der Waals surface area contributed by atoms with E-state index in [1.54, 1.807) is 66.5 Å². The van der Waals surface area contributed by atoms with E-state index in [4.69, 9.17) is 9.47 Å². The zero-order valence-electron chi connectivity index (χ0n) is 27.7. The summed E-state index contributed by atoms with van der Waals surface area (Å²) in [7, 11) is 5.78. The maximum absolute atomic E-state index is 14.3. The van der Waals surface area contributed by atoms with Crippen LogP contribution >= 0.6 is 0 Å². The number of nitrogens with zero attached hydrogens (tertiary/aromatic N) is 4. The van der Waals surface area contributed by atoms with Crippen LogP contribution < -0.4 is 10.1 Å². The summed E-state index contributed by atoms with van der Waals surface area (Å²) >= 11 is 0. The van der Waals surface area contributed by atoms with Gasteiger partial charge in [0.25, 0.3) is 11.8 Å². The van der Waals surface area contributed by atoms with Gasteiger partial charge in [-0.1, -0.05) is 6.92 Å². The van der Waals surface area contributed by atoms with Crippen LogP contribution in [0.1, 0.15) is 73.6 Å². The van der Waals surface area contributed by atoms with Gasteiger partial charge in [-0.15, -0.1) is 0 Å². The fourth-order valence-electron chi connectivity index (χ4n) is 5.28. The highest BCUT2D eigenvalue weighted by atomic mass is 16.5. The lowest BCUT2D eigenvalue weighted by Crippen LogP contribution is -2.48.